The predicted octanol–water partition coefficient (Wildman–Crippen LogP) is 4.51. The molecule has 1 aliphatic heterocycles. The van der Waals surface area contributed by atoms with E-state index < -0.39 is 0 Å². The van der Waals surface area contributed by atoms with Gasteiger partial charge in [0.25, 0.3) is 0 Å². The lowest BCUT2D eigenvalue weighted by atomic mass is 9.79. The van der Waals surface area contributed by atoms with Crippen LogP contribution in [-0.2, 0) is 0 Å². The van der Waals surface area contributed by atoms with E-state index in [9.17, 15) is 4.79 Å². The van der Waals surface area contributed by atoms with Crippen LogP contribution in [0.5, 0.6) is 0 Å². The van der Waals surface area contributed by atoms with Crippen molar-refractivity contribution in [1.82, 2.24) is 5.32 Å². The van der Waals surface area contributed by atoms with Crippen LogP contribution in [0.1, 0.15) is 12.8 Å². The average Bonchev–Trinajstić information content (AvgIpc) is 2.57. The fraction of sp³-hybridized carbons (Fsp3) is 0.250. The van der Waals surface area contributed by atoms with Crippen molar-refractivity contribution in [2.45, 2.75) is 12.8 Å². The fourth-order valence-corrected chi connectivity index (χ4v) is 3.34. The van der Waals surface area contributed by atoms with Crippen LogP contribution in [0.25, 0.3) is 10.8 Å². The highest BCUT2D eigenvalue weighted by molar-refractivity contribution is 5.96. The Labute approximate surface area is 137 Å². The van der Waals surface area contributed by atoms with E-state index in [1.807, 2.05) is 35.3 Å². The molecule has 2 aromatic carbocycles. The molecule has 0 atom stereocenters. The summed E-state index contributed by atoms with van der Waals surface area (Å²) in [5.74, 6) is 0. The molecule has 1 saturated heterocycles. The predicted molar refractivity (Wildman–Crippen MR) is 96.8 cm³/mol. The van der Waals surface area contributed by atoms with Gasteiger partial charge in [0.05, 0.1) is 0 Å². The maximum Gasteiger partial charge on any atom is 0.321 e. The van der Waals surface area contributed by atoms with Gasteiger partial charge in [0.15, 0.2) is 0 Å². The molecule has 1 heterocycles. The van der Waals surface area contributed by atoms with Gasteiger partial charge < -0.3 is 5.32 Å². The zero-order valence-electron chi connectivity index (χ0n) is 13.3. The van der Waals surface area contributed by atoms with Crippen LogP contribution in [0.15, 0.2) is 67.8 Å². The molecule has 1 fully saturated rings. The number of nitrogens with one attached hydrogen (secondary N) is 1. The van der Waals surface area contributed by atoms with Crippen LogP contribution in [0.4, 0.5) is 10.5 Å². The molecule has 23 heavy (non-hydrogen) atoms. The van der Waals surface area contributed by atoms with Crippen LogP contribution in [0.2, 0.25) is 0 Å². The fourth-order valence-electron chi connectivity index (χ4n) is 3.34. The number of hydrogen-bond donors (Lipinski definition) is 1. The summed E-state index contributed by atoms with van der Waals surface area (Å²) >= 11 is 0. The molecule has 0 radical (unpaired) electrons. The normalized spacial score (nSPS) is 16.9. The number of fused-ring (bicyclic) bond motifs is 1. The lowest BCUT2D eigenvalue weighted by molar-refractivity contribution is 0.211. The second-order valence-electron chi connectivity index (χ2n) is 6.26. The smallest absolute Gasteiger partial charge is 0.321 e. The van der Waals surface area contributed by atoms with Gasteiger partial charge in [0, 0.05) is 24.2 Å². The molecule has 0 aromatic heterocycles. The van der Waals surface area contributed by atoms with Crippen molar-refractivity contribution in [3.63, 3.8) is 0 Å². The van der Waals surface area contributed by atoms with Crippen molar-refractivity contribution < 1.29 is 4.79 Å². The van der Waals surface area contributed by atoms with Gasteiger partial charge in [0.2, 0.25) is 0 Å². The van der Waals surface area contributed by atoms with Gasteiger partial charge in [0.1, 0.15) is 0 Å². The zero-order valence-corrected chi connectivity index (χ0v) is 13.3. The van der Waals surface area contributed by atoms with Gasteiger partial charge in [-0.25, -0.2) is 4.79 Å². The van der Waals surface area contributed by atoms with Gasteiger partial charge in [-0.2, -0.15) is 0 Å². The lowest BCUT2D eigenvalue weighted by Crippen LogP contribution is -2.56. The molecule has 0 saturated carbocycles. The molecule has 0 unspecified atom stereocenters. The Morgan fingerprint density at radius 1 is 1.09 bits per heavy atom. The van der Waals surface area contributed by atoms with Crippen molar-refractivity contribution in [2.24, 2.45) is 5.41 Å². The molecule has 3 heteroatoms. The highest BCUT2D eigenvalue weighted by Gasteiger charge is 2.37. The largest absolute Gasteiger partial charge is 0.337 e. The first-order valence-electron chi connectivity index (χ1n) is 7.93. The Kier molecular flexibility index (Phi) is 4.20. The summed E-state index contributed by atoms with van der Waals surface area (Å²) in [6.45, 7) is 9.09. The molecule has 1 aliphatic rings. The third-order valence-corrected chi connectivity index (χ3v) is 4.55. The topological polar surface area (TPSA) is 32.3 Å². The molecule has 118 valence electrons. The minimum absolute atomic E-state index is 0.0379. The molecule has 0 aliphatic carbocycles. The molecule has 3 nitrogen and oxygen atoms in total. The van der Waals surface area contributed by atoms with Crippen LogP contribution in [0, 0.1) is 5.41 Å². The number of nitrogens with zero attached hydrogens (tertiary/aromatic N) is 1. The van der Waals surface area contributed by atoms with E-state index >= 15 is 0 Å². The minimum Gasteiger partial charge on any atom is -0.337 e. The zero-order chi connectivity index (χ0) is 16.3. The maximum atomic E-state index is 12.4. The van der Waals surface area contributed by atoms with Crippen molar-refractivity contribution in [3.05, 3.63) is 67.8 Å². The Bertz CT molecular complexity index is 740. The summed E-state index contributed by atoms with van der Waals surface area (Å²) < 4.78 is 0. The monoisotopic (exact) mass is 306 g/mol. The number of benzene rings is 2. The molecule has 2 amide bonds. The first-order chi connectivity index (χ1) is 11.2. The van der Waals surface area contributed by atoms with Gasteiger partial charge in [-0.3, -0.25) is 4.90 Å². The second kappa shape index (κ2) is 6.29. The number of carbonyl (C=O) groups excluding carboxylic acids is 1. The molecular formula is C20H22N2O. The van der Waals surface area contributed by atoms with Crippen molar-refractivity contribution >= 4 is 22.5 Å². The number of urea groups is 1. The third kappa shape index (κ3) is 3.00. The standard InChI is InChI=1S/C20H22N2O/c1-3-11-20(12-4-2)14-21-19(23)22(15-20)18-10-9-16-7-5-6-8-17(16)13-18/h3-10,13H,1-2,11-12,14-15H2,(H,21,23). The van der Waals surface area contributed by atoms with E-state index in [1.54, 1.807) is 0 Å². The SMILES string of the molecule is C=CCC1(CC=C)CNC(=O)N(c2ccc3ccccc3c2)C1. The first kappa shape index (κ1) is 15.3. The summed E-state index contributed by atoms with van der Waals surface area (Å²) in [6, 6.07) is 14.3. The third-order valence-electron chi connectivity index (χ3n) is 4.55. The van der Waals surface area contributed by atoms with Crippen LogP contribution in [-0.4, -0.2) is 19.1 Å². The molecule has 2 aromatic rings. The van der Waals surface area contributed by atoms with E-state index in [1.165, 1.54) is 5.39 Å². The van der Waals surface area contributed by atoms with Gasteiger partial charge in [-0.15, -0.1) is 13.2 Å². The number of carbonyl (C=O) groups is 1. The second-order valence-corrected chi connectivity index (χ2v) is 6.26. The molecular weight excluding hydrogens is 284 g/mol. The number of anilines is 1. The van der Waals surface area contributed by atoms with E-state index in [0.717, 1.165) is 23.9 Å². The number of allylic oxidation sites excluding steroid dienone is 2. The number of amides is 2. The van der Waals surface area contributed by atoms with Gasteiger partial charge >= 0.3 is 6.03 Å². The van der Waals surface area contributed by atoms with Crippen LogP contribution < -0.4 is 10.2 Å². The Balaban J connectivity index is 1.96. The quantitative estimate of drug-likeness (QED) is 0.810. The highest BCUT2D eigenvalue weighted by atomic mass is 16.2. The number of hydrogen-bond acceptors (Lipinski definition) is 1. The Morgan fingerprint density at radius 3 is 2.48 bits per heavy atom. The average molecular weight is 306 g/mol. The maximum absolute atomic E-state index is 12.4. The van der Waals surface area contributed by atoms with Crippen LogP contribution in [0.3, 0.4) is 0 Å². The summed E-state index contributed by atoms with van der Waals surface area (Å²) in [5.41, 5.74) is 0.890. The highest BCUT2D eigenvalue weighted by Crippen LogP contribution is 2.34. The van der Waals surface area contributed by atoms with Crippen molar-refractivity contribution in [1.29, 1.82) is 0 Å². The summed E-state index contributed by atoms with van der Waals surface area (Å²) in [6.07, 6.45) is 5.56. The van der Waals surface area contributed by atoms with E-state index in [4.69, 9.17) is 0 Å². The lowest BCUT2D eigenvalue weighted by Gasteiger charge is -2.42. The first-order valence-corrected chi connectivity index (χ1v) is 7.93. The molecule has 0 spiro atoms. The number of rotatable bonds is 5. The molecule has 3 rings (SSSR count). The molecule has 1 N–H and O–H groups in total. The Hall–Kier alpha value is -2.55. The molecule has 0 bridgehead atoms. The minimum atomic E-state index is -0.0386. The van der Waals surface area contributed by atoms with Crippen LogP contribution >= 0.6 is 0 Å². The van der Waals surface area contributed by atoms with Gasteiger partial charge in [-0.05, 0) is 35.7 Å². The summed E-state index contributed by atoms with van der Waals surface area (Å²) in [5, 5.41) is 5.35. The van der Waals surface area contributed by atoms with Gasteiger partial charge in [-0.1, -0.05) is 42.5 Å². The summed E-state index contributed by atoms with van der Waals surface area (Å²) in [7, 11) is 0. The van der Waals surface area contributed by atoms with E-state index in [2.05, 4.69) is 42.7 Å². The van der Waals surface area contributed by atoms with E-state index in [-0.39, 0.29) is 11.4 Å². The summed E-state index contributed by atoms with van der Waals surface area (Å²) in [4.78, 5) is 14.2. The van der Waals surface area contributed by atoms with Crippen molar-refractivity contribution in [2.75, 3.05) is 18.0 Å². The van der Waals surface area contributed by atoms with E-state index in [0.29, 0.717) is 13.1 Å². The Morgan fingerprint density at radius 2 is 1.78 bits per heavy atom. The van der Waals surface area contributed by atoms with Crippen molar-refractivity contribution in [3.8, 4) is 0 Å².